The maximum Gasteiger partial charge on any atom is 0.230 e. The van der Waals surface area contributed by atoms with Crippen LogP contribution in [0, 0.1) is 13.8 Å². The zero-order valence-electron chi connectivity index (χ0n) is 17.3. The van der Waals surface area contributed by atoms with E-state index in [4.69, 9.17) is 4.98 Å². The largest absolute Gasteiger partial charge is 0.330 e. The Kier molecular flexibility index (Phi) is 6.64. The number of nitrogens with one attached hydrogen (secondary N) is 1. The Morgan fingerprint density at radius 3 is 2.68 bits per heavy atom. The lowest BCUT2D eigenvalue weighted by Crippen LogP contribution is -2.23. The molecule has 0 unspecified atom stereocenters. The van der Waals surface area contributed by atoms with Crippen molar-refractivity contribution in [1.29, 1.82) is 0 Å². The molecule has 0 spiro atoms. The monoisotopic (exact) mass is 467 g/mol. The van der Waals surface area contributed by atoms with E-state index in [1.165, 1.54) is 22.7 Å². The lowest BCUT2D eigenvalue weighted by atomic mass is 10.1. The summed E-state index contributed by atoms with van der Waals surface area (Å²) in [5, 5.41) is 15.1. The smallest absolute Gasteiger partial charge is 0.230 e. The van der Waals surface area contributed by atoms with Gasteiger partial charge in [-0.3, -0.25) is 9.69 Å². The fourth-order valence-electron chi connectivity index (χ4n) is 2.95. The lowest BCUT2D eigenvalue weighted by Gasteiger charge is -2.21. The van der Waals surface area contributed by atoms with Crippen LogP contribution in [0.3, 0.4) is 0 Å². The Morgan fingerprint density at radius 1 is 1.10 bits per heavy atom. The van der Waals surface area contributed by atoms with Gasteiger partial charge in [0.1, 0.15) is 0 Å². The fourth-order valence-corrected chi connectivity index (χ4v) is 5.60. The van der Waals surface area contributed by atoms with Crippen LogP contribution in [0.1, 0.15) is 23.7 Å². The number of aryl methyl sites for hydroxylation is 1. The molecule has 0 fully saturated rings. The van der Waals surface area contributed by atoms with Crippen molar-refractivity contribution in [3.63, 3.8) is 0 Å². The van der Waals surface area contributed by atoms with E-state index < -0.39 is 0 Å². The van der Waals surface area contributed by atoms with Gasteiger partial charge in [-0.1, -0.05) is 53.4 Å². The number of benzene rings is 2. The van der Waals surface area contributed by atoms with Crippen molar-refractivity contribution in [2.24, 2.45) is 0 Å². The first kappa shape index (κ1) is 21.5. The number of rotatable bonds is 7. The lowest BCUT2D eigenvalue weighted by molar-refractivity contribution is -0.115. The summed E-state index contributed by atoms with van der Waals surface area (Å²) in [5.41, 5.74) is 5.00. The molecular weight excluding hydrogens is 446 g/mol. The second-order valence-electron chi connectivity index (χ2n) is 6.85. The summed E-state index contributed by atoms with van der Waals surface area (Å²) in [6.07, 6.45) is 0. The normalized spacial score (nSPS) is 10.8. The van der Waals surface area contributed by atoms with Gasteiger partial charge in [0.15, 0.2) is 9.47 Å². The molecule has 0 radical (unpaired) electrons. The van der Waals surface area contributed by atoms with Crippen molar-refractivity contribution in [3.8, 4) is 0 Å². The van der Waals surface area contributed by atoms with E-state index >= 15 is 0 Å². The predicted molar refractivity (Wildman–Crippen MR) is 130 cm³/mol. The molecule has 2 aromatic heterocycles. The number of carbonyl (C=O) groups excluding carboxylic acids is 1. The number of hydrogen-bond donors (Lipinski definition) is 1. The Bertz CT molecular complexity index is 1190. The van der Waals surface area contributed by atoms with Crippen LogP contribution in [0.15, 0.2) is 58.3 Å². The molecule has 4 aromatic rings. The molecule has 0 aliphatic carbocycles. The molecule has 0 aliphatic heterocycles. The van der Waals surface area contributed by atoms with E-state index in [2.05, 4.69) is 15.5 Å². The quantitative estimate of drug-likeness (QED) is 0.320. The average Bonchev–Trinajstić information content (AvgIpc) is 3.40. The molecule has 31 heavy (non-hydrogen) atoms. The number of thiazole rings is 1. The van der Waals surface area contributed by atoms with E-state index in [1.54, 1.807) is 23.6 Å². The van der Waals surface area contributed by atoms with Gasteiger partial charge in [-0.2, -0.15) is 0 Å². The maximum absolute atomic E-state index is 12.4. The predicted octanol–water partition coefficient (Wildman–Crippen LogP) is 6.33. The number of amides is 1. The zero-order chi connectivity index (χ0) is 21.8. The fraction of sp³-hybridized carbons (Fsp3) is 0.182. The summed E-state index contributed by atoms with van der Waals surface area (Å²) < 4.78 is 0.867. The van der Waals surface area contributed by atoms with Crippen molar-refractivity contribution in [2.45, 2.75) is 30.9 Å². The van der Waals surface area contributed by atoms with Crippen molar-refractivity contribution in [2.75, 3.05) is 10.2 Å². The maximum atomic E-state index is 12.4. The molecular formula is C22H21N5OS3. The van der Waals surface area contributed by atoms with Crippen molar-refractivity contribution >= 4 is 62.0 Å². The summed E-state index contributed by atoms with van der Waals surface area (Å²) in [4.78, 5) is 18.8. The molecule has 158 valence electrons. The first-order valence-corrected chi connectivity index (χ1v) is 12.3. The number of aromatic nitrogens is 3. The third-order valence-corrected chi connectivity index (χ3v) is 7.52. The first-order chi connectivity index (χ1) is 15.0. The van der Waals surface area contributed by atoms with Crippen molar-refractivity contribution in [3.05, 3.63) is 70.7 Å². The van der Waals surface area contributed by atoms with Gasteiger partial charge < -0.3 is 5.32 Å². The van der Waals surface area contributed by atoms with Crippen LogP contribution in [-0.2, 0) is 10.5 Å². The number of thioether (sulfide) groups is 1. The van der Waals surface area contributed by atoms with Crippen molar-refractivity contribution < 1.29 is 4.79 Å². The number of carbonyl (C=O) groups is 1. The molecule has 1 amide bonds. The van der Waals surface area contributed by atoms with Gasteiger partial charge in [0.2, 0.25) is 11.0 Å². The van der Waals surface area contributed by atoms with E-state index in [0.29, 0.717) is 10.9 Å². The number of nitrogens with zero attached hydrogens (tertiary/aromatic N) is 4. The van der Waals surface area contributed by atoms with Gasteiger partial charge in [0, 0.05) is 23.7 Å². The third kappa shape index (κ3) is 5.12. The minimum absolute atomic E-state index is 0.0528. The molecule has 6 nitrogen and oxygen atoms in total. The second-order valence-corrected chi connectivity index (χ2v) is 9.88. The molecule has 4 rings (SSSR count). The highest BCUT2D eigenvalue weighted by atomic mass is 32.2. The Labute approximate surface area is 193 Å². The molecule has 0 saturated carbocycles. The van der Waals surface area contributed by atoms with Gasteiger partial charge in [-0.25, -0.2) is 4.98 Å². The van der Waals surface area contributed by atoms with Crippen LogP contribution in [-0.4, -0.2) is 21.1 Å². The van der Waals surface area contributed by atoms with Crippen LogP contribution in [0.5, 0.6) is 0 Å². The summed E-state index contributed by atoms with van der Waals surface area (Å²) in [7, 11) is 0. The summed E-state index contributed by atoms with van der Waals surface area (Å²) >= 11 is 4.56. The van der Waals surface area contributed by atoms with Crippen LogP contribution >= 0.6 is 34.4 Å². The van der Waals surface area contributed by atoms with Crippen LogP contribution < -0.4 is 10.2 Å². The standard InChI is InChI=1S/C22H21N5OS3/c1-14-8-7-11-19(15(14)2)27(16(3)28)21-24-18(12-29-21)13-30-22-26-25-20(31-22)23-17-9-5-4-6-10-17/h4-12H,13H2,1-3H3,(H,23,25). The minimum Gasteiger partial charge on any atom is -0.330 e. The molecule has 0 aliphatic rings. The van der Waals surface area contributed by atoms with E-state index in [-0.39, 0.29) is 5.91 Å². The van der Waals surface area contributed by atoms with Crippen molar-refractivity contribution in [1.82, 2.24) is 15.2 Å². The van der Waals surface area contributed by atoms with E-state index in [9.17, 15) is 4.79 Å². The topological polar surface area (TPSA) is 71.0 Å². The Balaban J connectivity index is 1.44. The molecule has 2 heterocycles. The SMILES string of the molecule is CC(=O)N(c1nc(CSc2nnc(Nc3ccccc3)s2)cs1)c1cccc(C)c1C. The van der Waals surface area contributed by atoms with Gasteiger partial charge in [0.25, 0.3) is 0 Å². The minimum atomic E-state index is -0.0528. The van der Waals surface area contributed by atoms with Crippen LogP contribution in [0.25, 0.3) is 0 Å². The van der Waals surface area contributed by atoms with E-state index in [0.717, 1.165) is 37.7 Å². The zero-order valence-corrected chi connectivity index (χ0v) is 19.8. The molecule has 1 N–H and O–H groups in total. The average molecular weight is 468 g/mol. The summed E-state index contributed by atoms with van der Waals surface area (Å²) in [6, 6.07) is 15.9. The van der Waals surface area contributed by atoms with Crippen LogP contribution in [0.4, 0.5) is 21.6 Å². The van der Waals surface area contributed by atoms with Gasteiger partial charge in [-0.15, -0.1) is 21.5 Å². The highest BCUT2D eigenvalue weighted by molar-refractivity contribution is 8.00. The Hall–Kier alpha value is -2.75. The number of anilines is 4. The van der Waals surface area contributed by atoms with E-state index in [1.807, 2.05) is 67.8 Å². The number of para-hydroxylation sites is 1. The molecule has 9 heteroatoms. The highest BCUT2D eigenvalue weighted by Gasteiger charge is 2.20. The molecule has 0 atom stereocenters. The summed E-state index contributed by atoms with van der Waals surface area (Å²) in [6.45, 7) is 5.64. The van der Waals surface area contributed by atoms with Crippen LogP contribution in [0.2, 0.25) is 0 Å². The van der Waals surface area contributed by atoms with Gasteiger partial charge >= 0.3 is 0 Å². The number of hydrogen-bond acceptors (Lipinski definition) is 8. The Morgan fingerprint density at radius 2 is 1.90 bits per heavy atom. The van der Waals surface area contributed by atoms with Gasteiger partial charge in [0.05, 0.1) is 11.4 Å². The molecule has 0 saturated heterocycles. The highest BCUT2D eigenvalue weighted by Crippen LogP contribution is 2.35. The molecule has 2 aromatic carbocycles. The third-order valence-electron chi connectivity index (χ3n) is 4.64. The van der Waals surface area contributed by atoms with Gasteiger partial charge in [-0.05, 0) is 43.2 Å². The summed E-state index contributed by atoms with van der Waals surface area (Å²) in [5.74, 6) is 0.609. The molecule has 0 bridgehead atoms. The first-order valence-electron chi connectivity index (χ1n) is 9.61. The second kappa shape index (κ2) is 9.59.